The molecule has 4 atom stereocenters. The van der Waals surface area contributed by atoms with Crippen molar-refractivity contribution in [3.8, 4) is 0 Å². The summed E-state index contributed by atoms with van der Waals surface area (Å²) in [7, 11) is 0. The van der Waals surface area contributed by atoms with Crippen LogP contribution >= 0.6 is 23.1 Å². The first-order chi connectivity index (χ1) is 12.0. The van der Waals surface area contributed by atoms with Crippen LogP contribution in [0.5, 0.6) is 0 Å². The minimum absolute atomic E-state index is 0.0208. The highest BCUT2D eigenvalue weighted by Crippen LogP contribution is 2.53. The number of thioether (sulfide) groups is 1. The van der Waals surface area contributed by atoms with Gasteiger partial charge in [0, 0.05) is 5.25 Å². The fraction of sp³-hybridized carbons (Fsp3) is 0.421. The molecule has 0 radical (unpaired) electrons. The lowest BCUT2D eigenvalue weighted by Gasteiger charge is -2.17. The van der Waals surface area contributed by atoms with Gasteiger partial charge in [-0.1, -0.05) is 37.8 Å². The quantitative estimate of drug-likeness (QED) is 0.463. The van der Waals surface area contributed by atoms with Crippen molar-refractivity contribution in [1.82, 2.24) is 4.98 Å². The number of benzene rings is 1. The number of anilines is 1. The molecule has 0 N–H and O–H groups in total. The van der Waals surface area contributed by atoms with Crippen molar-refractivity contribution < 1.29 is 9.59 Å². The van der Waals surface area contributed by atoms with Gasteiger partial charge in [-0.15, -0.1) is 11.3 Å². The average molecular weight is 370 g/mol. The highest BCUT2D eigenvalue weighted by atomic mass is 32.2. The summed E-state index contributed by atoms with van der Waals surface area (Å²) in [6, 6.07) is 5.73. The van der Waals surface area contributed by atoms with Crippen molar-refractivity contribution in [2.45, 2.75) is 29.9 Å². The molecule has 25 heavy (non-hydrogen) atoms. The van der Waals surface area contributed by atoms with Crippen molar-refractivity contribution >= 4 is 50.8 Å². The summed E-state index contributed by atoms with van der Waals surface area (Å²) in [6.45, 7) is 4.29. The van der Waals surface area contributed by atoms with Crippen LogP contribution in [-0.4, -0.2) is 22.0 Å². The number of carbonyl (C=O) groups excluding carboxylic acids is 2. The number of rotatable bonds is 3. The third-order valence-corrected chi connectivity index (χ3v) is 7.53. The molecule has 1 saturated heterocycles. The van der Waals surface area contributed by atoms with E-state index >= 15 is 0 Å². The second-order valence-electron chi connectivity index (χ2n) is 7.31. The topological polar surface area (TPSA) is 50.3 Å². The molecule has 6 heteroatoms. The molecule has 2 aliphatic carbocycles. The molecule has 3 aliphatic rings. The number of nitrogens with zero attached hydrogens (tertiary/aromatic N) is 2. The van der Waals surface area contributed by atoms with Crippen LogP contribution in [0.15, 0.2) is 34.7 Å². The number of hydrogen-bond donors (Lipinski definition) is 0. The standard InChI is InChI=1S/C19H18N2O2S2/c1-9(2)24-19-20-13-6-5-12(8-14(13)25-19)21-17(22)15-10-3-4-11(7-10)16(15)18(21)23/h3-6,8-11,15-16H,7H2,1-2H3/t10-,11-,15+,16+/m0/s1. The van der Waals surface area contributed by atoms with E-state index < -0.39 is 0 Å². The zero-order valence-electron chi connectivity index (χ0n) is 14.0. The maximum Gasteiger partial charge on any atom is 0.238 e. The van der Waals surface area contributed by atoms with E-state index in [1.165, 1.54) is 4.90 Å². The second-order valence-corrected chi connectivity index (χ2v) is 10.2. The summed E-state index contributed by atoms with van der Waals surface area (Å²) in [5.41, 5.74) is 1.62. The number of aromatic nitrogens is 1. The Labute approximate surface area is 154 Å². The van der Waals surface area contributed by atoms with Crippen LogP contribution in [0, 0.1) is 23.7 Å². The molecule has 2 heterocycles. The zero-order chi connectivity index (χ0) is 17.3. The molecular weight excluding hydrogens is 352 g/mol. The average Bonchev–Trinajstić information content (AvgIpc) is 3.29. The van der Waals surface area contributed by atoms with Gasteiger partial charge < -0.3 is 0 Å². The minimum atomic E-state index is -0.147. The van der Waals surface area contributed by atoms with Crippen LogP contribution in [0.1, 0.15) is 20.3 Å². The van der Waals surface area contributed by atoms with Crippen molar-refractivity contribution in [1.29, 1.82) is 0 Å². The van der Waals surface area contributed by atoms with E-state index in [0.717, 1.165) is 21.0 Å². The van der Waals surface area contributed by atoms with E-state index in [2.05, 4.69) is 31.0 Å². The van der Waals surface area contributed by atoms with E-state index in [9.17, 15) is 9.59 Å². The smallest absolute Gasteiger partial charge is 0.238 e. The normalized spacial score (nSPS) is 30.3. The molecule has 4 nitrogen and oxygen atoms in total. The molecule has 2 aromatic rings. The van der Waals surface area contributed by atoms with E-state index in [-0.39, 0.29) is 35.5 Å². The van der Waals surface area contributed by atoms with Crippen LogP contribution in [0.4, 0.5) is 5.69 Å². The molecule has 1 saturated carbocycles. The number of hydrogen-bond acceptors (Lipinski definition) is 5. The summed E-state index contributed by atoms with van der Waals surface area (Å²) in [4.78, 5) is 31.9. The van der Waals surface area contributed by atoms with Gasteiger partial charge in [0.1, 0.15) is 0 Å². The third kappa shape index (κ3) is 2.23. The van der Waals surface area contributed by atoms with Gasteiger partial charge in [0.05, 0.1) is 27.7 Å². The monoisotopic (exact) mass is 370 g/mol. The Kier molecular flexibility index (Phi) is 3.38. The fourth-order valence-corrected chi connectivity index (χ4v) is 6.76. The number of imide groups is 1. The lowest BCUT2D eigenvalue weighted by atomic mass is 9.85. The molecule has 0 unspecified atom stereocenters. The molecule has 2 bridgehead atoms. The third-order valence-electron chi connectivity index (χ3n) is 5.42. The predicted octanol–water partition coefficient (Wildman–Crippen LogP) is 4.11. The van der Waals surface area contributed by atoms with Crippen molar-refractivity contribution in [2.75, 3.05) is 4.90 Å². The van der Waals surface area contributed by atoms with E-state index in [0.29, 0.717) is 10.9 Å². The molecule has 2 fully saturated rings. The number of thiazole rings is 1. The lowest BCUT2D eigenvalue weighted by molar-refractivity contribution is -0.123. The maximum absolute atomic E-state index is 12.9. The van der Waals surface area contributed by atoms with Crippen LogP contribution in [0.25, 0.3) is 10.2 Å². The predicted molar refractivity (Wildman–Crippen MR) is 101 cm³/mol. The summed E-state index contributed by atoms with van der Waals surface area (Å²) in [5.74, 6) is 0.161. The van der Waals surface area contributed by atoms with Crippen LogP contribution in [0.2, 0.25) is 0 Å². The number of fused-ring (bicyclic) bond motifs is 6. The minimum Gasteiger partial charge on any atom is -0.274 e. The number of carbonyl (C=O) groups is 2. The van der Waals surface area contributed by atoms with Gasteiger partial charge in [0.25, 0.3) is 0 Å². The molecule has 1 aromatic heterocycles. The highest BCUT2D eigenvalue weighted by molar-refractivity contribution is 8.01. The Morgan fingerprint density at radius 3 is 2.48 bits per heavy atom. The van der Waals surface area contributed by atoms with Gasteiger partial charge in [-0.2, -0.15) is 0 Å². The second kappa shape index (κ2) is 5.42. The summed E-state index contributed by atoms with van der Waals surface area (Å²) >= 11 is 3.36. The SMILES string of the molecule is CC(C)Sc1nc2ccc(N3C(=O)[C@H]4[C@H](C3=O)[C@H]3C=C[C@H]4C3)cc2s1. The molecule has 2 amide bonds. The van der Waals surface area contributed by atoms with Gasteiger partial charge in [-0.3, -0.25) is 9.59 Å². The highest BCUT2D eigenvalue weighted by Gasteiger charge is 2.59. The van der Waals surface area contributed by atoms with E-state index in [1.807, 2.05) is 18.2 Å². The van der Waals surface area contributed by atoms with E-state index in [1.54, 1.807) is 23.1 Å². The van der Waals surface area contributed by atoms with Crippen LogP contribution < -0.4 is 4.90 Å². The molecule has 128 valence electrons. The first-order valence-electron chi connectivity index (χ1n) is 8.66. The molecular formula is C19H18N2O2S2. The largest absolute Gasteiger partial charge is 0.274 e. The zero-order valence-corrected chi connectivity index (χ0v) is 15.6. The van der Waals surface area contributed by atoms with Crippen LogP contribution in [0.3, 0.4) is 0 Å². The van der Waals surface area contributed by atoms with Gasteiger partial charge in [-0.05, 0) is 36.5 Å². The lowest BCUT2D eigenvalue weighted by Crippen LogP contribution is -2.32. The number of allylic oxidation sites excluding steroid dienone is 2. The van der Waals surface area contributed by atoms with Crippen LogP contribution in [-0.2, 0) is 9.59 Å². The summed E-state index contributed by atoms with van der Waals surface area (Å²) in [6.07, 6.45) is 5.22. The van der Waals surface area contributed by atoms with E-state index in [4.69, 9.17) is 0 Å². The first kappa shape index (κ1) is 15.6. The first-order valence-corrected chi connectivity index (χ1v) is 10.4. The molecule has 0 spiro atoms. The van der Waals surface area contributed by atoms with Gasteiger partial charge in [0.15, 0.2) is 4.34 Å². The number of amides is 2. The Bertz CT molecular complexity index is 903. The van der Waals surface area contributed by atoms with Crippen molar-refractivity contribution in [2.24, 2.45) is 23.7 Å². The summed E-state index contributed by atoms with van der Waals surface area (Å²) in [5, 5.41) is 0.476. The Morgan fingerprint density at radius 1 is 1.16 bits per heavy atom. The Hall–Kier alpha value is -1.66. The van der Waals surface area contributed by atoms with Crippen molar-refractivity contribution in [3.63, 3.8) is 0 Å². The van der Waals surface area contributed by atoms with Gasteiger partial charge in [0.2, 0.25) is 11.8 Å². The molecule has 1 aliphatic heterocycles. The van der Waals surface area contributed by atoms with Crippen molar-refractivity contribution in [3.05, 3.63) is 30.4 Å². The Balaban J connectivity index is 1.51. The molecule has 1 aromatic carbocycles. The summed E-state index contributed by atoms with van der Waals surface area (Å²) < 4.78 is 2.06. The maximum atomic E-state index is 12.9. The molecule has 5 rings (SSSR count). The van der Waals surface area contributed by atoms with Gasteiger partial charge >= 0.3 is 0 Å². The van der Waals surface area contributed by atoms with Gasteiger partial charge in [-0.25, -0.2) is 9.88 Å². The Morgan fingerprint density at radius 2 is 1.84 bits per heavy atom. The fourth-order valence-electron chi connectivity index (χ4n) is 4.44.